The van der Waals surface area contributed by atoms with Gasteiger partial charge in [-0.25, -0.2) is 0 Å². The Morgan fingerprint density at radius 3 is 2.56 bits per heavy atom. The normalized spacial score (nSPS) is 11.6. The Hall–Kier alpha value is -1.91. The van der Waals surface area contributed by atoms with Crippen molar-refractivity contribution in [2.75, 3.05) is 11.9 Å². The Kier molecular flexibility index (Phi) is 4.44. The van der Waals surface area contributed by atoms with Crippen LogP contribution in [0.25, 0.3) is 0 Å². The van der Waals surface area contributed by atoms with Crippen molar-refractivity contribution in [3.05, 3.63) is 24.3 Å². The van der Waals surface area contributed by atoms with Crippen molar-refractivity contribution >= 4 is 11.5 Å². The first-order valence-electron chi connectivity index (χ1n) is 5.09. The standard InChI is InChI=1S/C11H17N3O2/c1-8(2)16-10-5-3-9(4-6-10)13-7-11(12)14-15/h3-6,8,13,15H,7H2,1-2H3,(H2,12,14). The Morgan fingerprint density at radius 2 is 2.06 bits per heavy atom. The fraction of sp³-hybridized carbons (Fsp3) is 0.364. The molecule has 0 saturated carbocycles. The van der Waals surface area contributed by atoms with E-state index in [0.29, 0.717) is 6.54 Å². The maximum Gasteiger partial charge on any atom is 0.158 e. The maximum absolute atomic E-state index is 8.36. The summed E-state index contributed by atoms with van der Waals surface area (Å²) in [7, 11) is 0. The third-order valence-corrected chi connectivity index (χ3v) is 1.83. The van der Waals surface area contributed by atoms with Crippen molar-refractivity contribution in [1.82, 2.24) is 0 Å². The Bertz CT molecular complexity index is 347. The maximum atomic E-state index is 8.36. The van der Waals surface area contributed by atoms with E-state index in [1.165, 1.54) is 0 Å². The Morgan fingerprint density at radius 1 is 1.44 bits per heavy atom. The monoisotopic (exact) mass is 223 g/mol. The Labute approximate surface area is 94.9 Å². The van der Waals surface area contributed by atoms with Crippen LogP contribution in [0.2, 0.25) is 0 Å². The van der Waals surface area contributed by atoms with Crippen molar-refractivity contribution in [2.45, 2.75) is 20.0 Å². The summed E-state index contributed by atoms with van der Waals surface area (Å²) in [6, 6.07) is 7.49. The van der Waals surface area contributed by atoms with Crippen LogP contribution < -0.4 is 15.8 Å². The van der Waals surface area contributed by atoms with Gasteiger partial charge in [-0.05, 0) is 38.1 Å². The SMILES string of the molecule is CC(C)Oc1ccc(NCC(N)=NO)cc1. The molecule has 0 aliphatic carbocycles. The van der Waals surface area contributed by atoms with Gasteiger partial charge in [0.15, 0.2) is 5.84 Å². The number of ether oxygens (including phenoxy) is 1. The van der Waals surface area contributed by atoms with Crippen molar-refractivity contribution < 1.29 is 9.94 Å². The second-order valence-electron chi connectivity index (χ2n) is 3.64. The van der Waals surface area contributed by atoms with Crippen LogP contribution in [0.15, 0.2) is 29.4 Å². The minimum atomic E-state index is 0.141. The van der Waals surface area contributed by atoms with Gasteiger partial charge >= 0.3 is 0 Å². The van der Waals surface area contributed by atoms with Gasteiger partial charge in [-0.3, -0.25) is 0 Å². The van der Waals surface area contributed by atoms with E-state index in [-0.39, 0.29) is 11.9 Å². The smallest absolute Gasteiger partial charge is 0.158 e. The third kappa shape index (κ3) is 4.08. The topological polar surface area (TPSA) is 79.9 Å². The molecule has 0 atom stereocenters. The average molecular weight is 223 g/mol. The summed E-state index contributed by atoms with van der Waals surface area (Å²) in [5.74, 6) is 0.965. The molecule has 0 aliphatic heterocycles. The molecule has 0 unspecified atom stereocenters. The number of benzene rings is 1. The third-order valence-electron chi connectivity index (χ3n) is 1.83. The number of oxime groups is 1. The summed E-state index contributed by atoms with van der Waals surface area (Å²) in [6.45, 7) is 4.26. The summed E-state index contributed by atoms with van der Waals surface area (Å²) in [5, 5.41) is 14.2. The minimum Gasteiger partial charge on any atom is -0.491 e. The lowest BCUT2D eigenvalue weighted by atomic mass is 10.3. The van der Waals surface area contributed by atoms with Gasteiger partial charge in [0.05, 0.1) is 12.6 Å². The van der Waals surface area contributed by atoms with Crippen molar-refractivity contribution in [1.29, 1.82) is 0 Å². The summed E-state index contributed by atoms with van der Waals surface area (Å²) in [5.41, 5.74) is 6.22. The first-order chi connectivity index (χ1) is 7.61. The van der Waals surface area contributed by atoms with Gasteiger partial charge in [0.25, 0.3) is 0 Å². The van der Waals surface area contributed by atoms with Gasteiger partial charge < -0.3 is 21.0 Å². The van der Waals surface area contributed by atoms with E-state index in [1.807, 2.05) is 38.1 Å². The number of nitrogens with zero attached hydrogens (tertiary/aromatic N) is 1. The Balaban J connectivity index is 2.51. The van der Waals surface area contributed by atoms with E-state index in [9.17, 15) is 0 Å². The van der Waals surface area contributed by atoms with Crippen LogP contribution in [-0.2, 0) is 0 Å². The number of nitrogens with one attached hydrogen (secondary N) is 1. The van der Waals surface area contributed by atoms with Crippen LogP contribution in [0, 0.1) is 0 Å². The summed E-state index contributed by atoms with van der Waals surface area (Å²) < 4.78 is 5.50. The molecule has 0 amide bonds. The molecule has 0 aromatic heterocycles. The molecule has 0 spiro atoms. The number of rotatable bonds is 5. The molecule has 16 heavy (non-hydrogen) atoms. The average Bonchev–Trinajstić information content (AvgIpc) is 2.27. The number of hydrogen-bond acceptors (Lipinski definition) is 4. The van der Waals surface area contributed by atoms with Gasteiger partial charge in [0, 0.05) is 5.69 Å². The minimum absolute atomic E-state index is 0.141. The number of nitrogens with two attached hydrogens (primary N) is 1. The van der Waals surface area contributed by atoms with E-state index >= 15 is 0 Å². The fourth-order valence-corrected chi connectivity index (χ4v) is 1.15. The highest BCUT2D eigenvalue weighted by Gasteiger charge is 1.98. The van der Waals surface area contributed by atoms with Gasteiger partial charge in [-0.2, -0.15) is 0 Å². The van der Waals surface area contributed by atoms with Gasteiger partial charge in [0.1, 0.15) is 5.75 Å². The zero-order valence-electron chi connectivity index (χ0n) is 9.47. The molecule has 5 nitrogen and oxygen atoms in total. The highest BCUT2D eigenvalue weighted by atomic mass is 16.5. The molecular formula is C11H17N3O2. The highest BCUT2D eigenvalue weighted by Crippen LogP contribution is 2.16. The van der Waals surface area contributed by atoms with E-state index in [2.05, 4.69) is 10.5 Å². The number of hydrogen-bond donors (Lipinski definition) is 3. The zero-order valence-corrected chi connectivity index (χ0v) is 9.47. The summed E-state index contributed by atoms with van der Waals surface area (Å²) in [6.07, 6.45) is 0.163. The van der Waals surface area contributed by atoms with Crippen molar-refractivity contribution in [3.63, 3.8) is 0 Å². The molecule has 1 rings (SSSR count). The lowest BCUT2D eigenvalue weighted by Gasteiger charge is -2.10. The quantitative estimate of drug-likeness (QED) is 0.307. The zero-order chi connectivity index (χ0) is 12.0. The van der Waals surface area contributed by atoms with Crippen LogP contribution in [0.4, 0.5) is 5.69 Å². The van der Waals surface area contributed by atoms with Gasteiger partial charge in [0.2, 0.25) is 0 Å². The van der Waals surface area contributed by atoms with Gasteiger partial charge in [-0.15, -0.1) is 0 Å². The van der Waals surface area contributed by atoms with E-state index in [0.717, 1.165) is 11.4 Å². The van der Waals surface area contributed by atoms with Crippen LogP contribution in [0.3, 0.4) is 0 Å². The number of amidine groups is 1. The lowest BCUT2D eigenvalue weighted by Crippen LogP contribution is -2.22. The molecule has 0 fully saturated rings. The highest BCUT2D eigenvalue weighted by molar-refractivity contribution is 5.84. The number of anilines is 1. The molecule has 0 saturated heterocycles. The molecule has 88 valence electrons. The lowest BCUT2D eigenvalue weighted by molar-refractivity contribution is 0.242. The second kappa shape index (κ2) is 5.85. The molecule has 1 aromatic rings. The van der Waals surface area contributed by atoms with E-state index in [1.54, 1.807) is 0 Å². The molecular weight excluding hydrogens is 206 g/mol. The van der Waals surface area contributed by atoms with Crippen LogP contribution in [-0.4, -0.2) is 23.7 Å². The van der Waals surface area contributed by atoms with Crippen LogP contribution in [0.1, 0.15) is 13.8 Å². The summed E-state index contributed by atoms with van der Waals surface area (Å²) in [4.78, 5) is 0. The molecule has 4 N–H and O–H groups in total. The largest absolute Gasteiger partial charge is 0.491 e. The molecule has 1 aromatic carbocycles. The summed E-state index contributed by atoms with van der Waals surface area (Å²) >= 11 is 0. The first kappa shape index (κ1) is 12.2. The van der Waals surface area contributed by atoms with Crippen LogP contribution in [0.5, 0.6) is 5.75 Å². The van der Waals surface area contributed by atoms with Crippen LogP contribution >= 0.6 is 0 Å². The fourth-order valence-electron chi connectivity index (χ4n) is 1.15. The molecule has 0 heterocycles. The van der Waals surface area contributed by atoms with Crippen molar-refractivity contribution in [3.8, 4) is 5.75 Å². The molecule has 0 bridgehead atoms. The van der Waals surface area contributed by atoms with E-state index < -0.39 is 0 Å². The van der Waals surface area contributed by atoms with Gasteiger partial charge in [-0.1, -0.05) is 5.16 Å². The molecule has 0 aliphatic rings. The predicted octanol–water partition coefficient (Wildman–Crippen LogP) is 1.63. The van der Waals surface area contributed by atoms with E-state index in [4.69, 9.17) is 15.7 Å². The predicted molar refractivity (Wildman–Crippen MR) is 64.1 cm³/mol. The first-order valence-corrected chi connectivity index (χ1v) is 5.09. The molecule has 0 radical (unpaired) electrons. The second-order valence-corrected chi connectivity index (χ2v) is 3.64. The van der Waals surface area contributed by atoms with Crippen molar-refractivity contribution in [2.24, 2.45) is 10.9 Å². The molecule has 5 heteroatoms.